The van der Waals surface area contributed by atoms with Gasteiger partial charge in [-0.3, -0.25) is 9.52 Å². The highest BCUT2D eigenvalue weighted by Crippen LogP contribution is 2.33. The van der Waals surface area contributed by atoms with Gasteiger partial charge in [-0.05, 0) is 54.7 Å². The lowest BCUT2D eigenvalue weighted by atomic mass is 9.88. The summed E-state index contributed by atoms with van der Waals surface area (Å²) in [6.07, 6.45) is 2.73. The van der Waals surface area contributed by atoms with Crippen molar-refractivity contribution in [2.24, 2.45) is 0 Å². The number of benzene rings is 3. The van der Waals surface area contributed by atoms with Crippen molar-refractivity contribution >= 4 is 27.6 Å². The van der Waals surface area contributed by atoms with Crippen molar-refractivity contribution < 1.29 is 32.2 Å². The maximum absolute atomic E-state index is 13.0. The molecule has 2 aliphatic rings. The minimum absolute atomic E-state index is 0.0144. The molecule has 1 atom stereocenters. The number of carbonyl (C=O) groups is 2. The molecule has 1 amide bonds. The minimum atomic E-state index is -4.05. The summed E-state index contributed by atoms with van der Waals surface area (Å²) in [5.41, 5.74) is 2.30. The van der Waals surface area contributed by atoms with Crippen molar-refractivity contribution in [2.45, 2.75) is 30.2 Å². The molecule has 0 radical (unpaired) electrons. The summed E-state index contributed by atoms with van der Waals surface area (Å²) in [5.74, 6) is -0.457. The van der Waals surface area contributed by atoms with E-state index in [1.54, 1.807) is 12.1 Å². The van der Waals surface area contributed by atoms with Crippen molar-refractivity contribution in [3.05, 3.63) is 83.4 Å². The van der Waals surface area contributed by atoms with Gasteiger partial charge in [0.1, 0.15) is 13.2 Å². The van der Waals surface area contributed by atoms with Crippen LogP contribution in [0.2, 0.25) is 0 Å². The van der Waals surface area contributed by atoms with Crippen LogP contribution < -0.4 is 19.5 Å². The average Bonchev–Trinajstić information content (AvgIpc) is 2.92. The molecule has 2 N–H and O–H groups in total. The summed E-state index contributed by atoms with van der Waals surface area (Å²) in [6, 6.07) is 18.2. The van der Waals surface area contributed by atoms with Crippen LogP contribution >= 0.6 is 0 Å². The molecule has 192 valence electrons. The highest BCUT2D eigenvalue weighted by atomic mass is 32.2. The first kappa shape index (κ1) is 24.6. The Morgan fingerprint density at radius 1 is 0.946 bits per heavy atom. The van der Waals surface area contributed by atoms with Gasteiger partial charge in [0.05, 0.1) is 22.2 Å². The van der Waals surface area contributed by atoms with E-state index in [0.29, 0.717) is 24.7 Å². The number of sulfonamides is 1. The number of amides is 1. The van der Waals surface area contributed by atoms with E-state index < -0.39 is 28.5 Å². The molecule has 1 aliphatic carbocycles. The van der Waals surface area contributed by atoms with Crippen molar-refractivity contribution in [2.75, 3.05) is 24.5 Å². The zero-order valence-electron chi connectivity index (χ0n) is 19.9. The van der Waals surface area contributed by atoms with Gasteiger partial charge in [0.2, 0.25) is 0 Å². The highest BCUT2D eigenvalue weighted by Gasteiger charge is 2.24. The molecule has 0 spiro atoms. The molecule has 1 heterocycles. The topological polar surface area (TPSA) is 120 Å². The summed E-state index contributed by atoms with van der Waals surface area (Å²) >= 11 is 0. The Morgan fingerprint density at radius 3 is 2.57 bits per heavy atom. The fourth-order valence-corrected chi connectivity index (χ4v) is 5.59. The Kier molecular flexibility index (Phi) is 7.00. The molecule has 0 bridgehead atoms. The van der Waals surface area contributed by atoms with Crippen LogP contribution in [0.4, 0.5) is 5.69 Å². The molecule has 0 aromatic heterocycles. The van der Waals surface area contributed by atoms with Crippen LogP contribution in [-0.4, -0.2) is 40.1 Å². The first-order chi connectivity index (χ1) is 17.9. The van der Waals surface area contributed by atoms with Gasteiger partial charge in [-0.15, -0.1) is 0 Å². The first-order valence-corrected chi connectivity index (χ1v) is 13.4. The van der Waals surface area contributed by atoms with Gasteiger partial charge in [-0.2, -0.15) is 0 Å². The van der Waals surface area contributed by atoms with Crippen LogP contribution in [0.3, 0.4) is 0 Å². The Bertz CT molecular complexity index is 1440. The van der Waals surface area contributed by atoms with Crippen LogP contribution in [0.25, 0.3) is 0 Å². The van der Waals surface area contributed by atoms with Gasteiger partial charge in [-0.25, -0.2) is 13.2 Å². The highest BCUT2D eigenvalue weighted by molar-refractivity contribution is 7.92. The molecular weight excluding hydrogens is 496 g/mol. The van der Waals surface area contributed by atoms with E-state index in [1.165, 1.54) is 35.9 Å². The molecule has 0 fully saturated rings. The summed E-state index contributed by atoms with van der Waals surface area (Å²) in [7, 11) is -4.05. The van der Waals surface area contributed by atoms with Crippen molar-refractivity contribution in [3.63, 3.8) is 0 Å². The summed E-state index contributed by atoms with van der Waals surface area (Å²) in [6.45, 7) is 0.221. The predicted octanol–water partition coefficient (Wildman–Crippen LogP) is 3.61. The number of ether oxygens (including phenoxy) is 3. The van der Waals surface area contributed by atoms with Crippen LogP contribution in [0.5, 0.6) is 11.5 Å². The molecule has 10 heteroatoms. The summed E-state index contributed by atoms with van der Waals surface area (Å²) in [5, 5.41) is 2.93. The summed E-state index contributed by atoms with van der Waals surface area (Å²) in [4.78, 5) is 25.3. The fraction of sp³-hybridized carbons (Fsp3) is 0.259. The summed E-state index contributed by atoms with van der Waals surface area (Å²) < 4.78 is 44.6. The number of carbonyl (C=O) groups excluding carboxylic acids is 2. The second kappa shape index (κ2) is 10.5. The molecule has 9 nitrogen and oxygen atoms in total. The molecule has 1 aliphatic heterocycles. The number of rotatable bonds is 7. The third-order valence-electron chi connectivity index (χ3n) is 6.25. The number of para-hydroxylation sites is 1. The second-order valence-electron chi connectivity index (χ2n) is 8.74. The lowest BCUT2D eigenvalue weighted by Gasteiger charge is -2.26. The van der Waals surface area contributed by atoms with Crippen LogP contribution in [0.15, 0.2) is 71.6 Å². The molecule has 3 aromatic rings. The maximum Gasteiger partial charge on any atom is 0.340 e. The maximum atomic E-state index is 13.0. The SMILES string of the molecule is O=C(COC(=O)c1ccccc1NS(=O)(=O)c1ccc2c(c1)OCCO2)N[C@@H]1CCCc2ccccc21. The van der Waals surface area contributed by atoms with Crippen molar-refractivity contribution in [1.82, 2.24) is 5.32 Å². The van der Waals surface area contributed by atoms with Gasteiger partial charge in [0.15, 0.2) is 18.1 Å². The number of nitrogens with one attached hydrogen (secondary N) is 2. The smallest absolute Gasteiger partial charge is 0.340 e. The molecule has 0 unspecified atom stereocenters. The molecule has 0 saturated carbocycles. The fourth-order valence-electron chi connectivity index (χ4n) is 4.49. The molecule has 5 rings (SSSR count). The van der Waals surface area contributed by atoms with Gasteiger partial charge < -0.3 is 19.5 Å². The zero-order chi connectivity index (χ0) is 25.8. The number of hydrogen-bond acceptors (Lipinski definition) is 7. The Morgan fingerprint density at radius 2 is 1.70 bits per heavy atom. The Labute approximate surface area is 214 Å². The lowest BCUT2D eigenvalue weighted by Crippen LogP contribution is -2.34. The van der Waals surface area contributed by atoms with E-state index in [9.17, 15) is 18.0 Å². The monoisotopic (exact) mass is 522 g/mol. The number of aryl methyl sites for hydroxylation is 1. The van der Waals surface area contributed by atoms with Crippen molar-refractivity contribution in [3.8, 4) is 11.5 Å². The quantitative estimate of drug-likeness (QED) is 0.455. The standard InChI is InChI=1S/C27H26N2O7S/c30-26(28-22-11-5-7-18-6-1-2-8-20(18)22)17-36-27(31)21-9-3-4-10-23(21)29-37(32,33)19-12-13-24-25(16-19)35-15-14-34-24/h1-4,6,8-10,12-13,16,22,29H,5,7,11,14-15,17H2,(H,28,30)/t22-/m1/s1. The van der Waals surface area contributed by atoms with Crippen molar-refractivity contribution in [1.29, 1.82) is 0 Å². The Balaban J connectivity index is 1.24. The number of anilines is 1. The van der Waals surface area contributed by atoms with Crippen LogP contribution in [-0.2, 0) is 26.0 Å². The second-order valence-corrected chi connectivity index (χ2v) is 10.4. The number of fused-ring (bicyclic) bond motifs is 2. The average molecular weight is 523 g/mol. The Hall–Kier alpha value is -4.05. The van der Waals surface area contributed by atoms with E-state index in [0.717, 1.165) is 24.8 Å². The van der Waals surface area contributed by atoms with Gasteiger partial charge in [-0.1, -0.05) is 36.4 Å². The predicted molar refractivity (Wildman–Crippen MR) is 135 cm³/mol. The third-order valence-corrected chi connectivity index (χ3v) is 7.62. The zero-order valence-corrected chi connectivity index (χ0v) is 20.8. The van der Waals surface area contributed by atoms with E-state index in [-0.39, 0.29) is 22.2 Å². The van der Waals surface area contributed by atoms with E-state index in [4.69, 9.17) is 14.2 Å². The normalized spacial score (nSPS) is 16.3. The molecule has 37 heavy (non-hydrogen) atoms. The van der Waals surface area contributed by atoms with E-state index >= 15 is 0 Å². The largest absolute Gasteiger partial charge is 0.486 e. The van der Waals surface area contributed by atoms with Crippen LogP contribution in [0.1, 0.15) is 40.4 Å². The molecular formula is C27H26N2O7S. The molecule has 0 saturated heterocycles. The third kappa shape index (κ3) is 5.54. The van der Waals surface area contributed by atoms with Crippen LogP contribution in [0, 0.1) is 0 Å². The first-order valence-electron chi connectivity index (χ1n) is 12.0. The minimum Gasteiger partial charge on any atom is -0.486 e. The number of hydrogen-bond donors (Lipinski definition) is 2. The van der Waals surface area contributed by atoms with Gasteiger partial charge in [0.25, 0.3) is 15.9 Å². The van der Waals surface area contributed by atoms with Gasteiger partial charge >= 0.3 is 5.97 Å². The van der Waals surface area contributed by atoms with E-state index in [2.05, 4.69) is 16.1 Å². The van der Waals surface area contributed by atoms with E-state index in [1.807, 2.05) is 18.2 Å². The lowest BCUT2D eigenvalue weighted by molar-refractivity contribution is -0.125. The molecule has 3 aromatic carbocycles. The van der Waals surface area contributed by atoms with Gasteiger partial charge in [0, 0.05) is 6.07 Å². The number of esters is 1.